The van der Waals surface area contributed by atoms with Crippen LogP contribution in [0.25, 0.3) is 0 Å². The highest BCUT2D eigenvalue weighted by molar-refractivity contribution is 7.17. The molecule has 0 spiro atoms. The molecule has 8 nitrogen and oxygen atoms in total. The number of amides is 2. The fraction of sp³-hybridized carbons (Fsp3) is 0.353. The molecule has 3 N–H and O–H groups in total. The molecular weight excluding hydrogens is 356 g/mol. The third-order valence-electron chi connectivity index (χ3n) is 4.00. The smallest absolute Gasteiger partial charge is 0.359 e. The van der Waals surface area contributed by atoms with Crippen molar-refractivity contribution in [3.8, 4) is 0 Å². The van der Waals surface area contributed by atoms with Gasteiger partial charge in [-0.25, -0.2) is 9.78 Å². The average Bonchev–Trinajstić information content (AvgIpc) is 2.98. The summed E-state index contributed by atoms with van der Waals surface area (Å²) in [6.07, 6.45) is 6.42. The number of anilines is 1. The highest BCUT2D eigenvalue weighted by Gasteiger charge is 2.25. The van der Waals surface area contributed by atoms with Gasteiger partial charge in [-0.05, 0) is 38.2 Å². The summed E-state index contributed by atoms with van der Waals surface area (Å²) in [5, 5.41) is 3.05. The Kier molecular flexibility index (Phi) is 5.27. The molecule has 0 bridgehead atoms. The van der Waals surface area contributed by atoms with Gasteiger partial charge in [-0.2, -0.15) is 0 Å². The van der Waals surface area contributed by atoms with E-state index >= 15 is 0 Å². The normalized spacial score (nSPS) is 13.0. The molecule has 0 saturated carbocycles. The summed E-state index contributed by atoms with van der Waals surface area (Å²) in [5.41, 5.74) is 7.47. The molecule has 2 heterocycles. The first-order chi connectivity index (χ1) is 12.5. The van der Waals surface area contributed by atoms with E-state index in [9.17, 15) is 14.4 Å². The standard InChI is InChI=1S/C17H18N4O4S/c1-9-6-20-11(7-19-9)17(24)25-8-13(22)21-16-14(15(18)23)10-4-2-3-5-12(10)26-16/h6-7H,2-5,8H2,1H3,(H2,18,23)(H,21,22). The van der Waals surface area contributed by atoms with Gasteiger partial charge in [0.25, 0.3) is 11.8 Å². The molecule has 9 heteroatoms. The Hall–Kier alpha value is -2.81. The Morgan fingerprint density at radius 2 is 2.00 bits per heavy atom. The van der Waals surface area contributed by atoms with Crippen LogP contribution in [0.15, 0.2) is 12.4 Å². The van der Waals surface area contributed by atoms with Crippen molar-refractivity contribution >= 4 is 34.1 Å². The molecule has 0 saturated heterocycles. The highest BCUT2D eigenvalue weighted by atomic mass is 32.1. The predicted octanol–water partition coefficient (Wildman–Crippen LogP) is 1.62. The van der Waals surface area contributed by atoms with Crippen LogP contribution in [0.3, 0.4) is 0 Å². The molecule has 0 radical (unpaired) electrons. The van der Waals surface area contributed by atoms with Crippen LogP contribution in [0.4, 0.5) is 5.00 Å². The second-order valence-corrected chi connectivity index (χ2v) is 7.05. The molecule has 2 aromatic rings. The van der Waals surface area contributed by atoms with Crippen molar-refractivity contribution in [2.24, 2.45) is 5.73 Å². The Labute approximate surface area is 153 Å². The monoisotopic (exact) mass is 374 g/mol. The second kappa shape index (κ2) is 7.61. The highest BCUT2D eigenvalue weighted by Crippen LogP contribution is 2.37. The summed E-state index contributed by atoms with van der Waals surface area (Å²) < 4.78 is 4.94. The molecule has 26 heavy (non-hydrogen) atoms. The van der Waals surface area contributed by atoms with Crippen molar-refractivity contribution in [1.29, 1.82) is 0 Å². The lowest BCUT2D eigenvalue weighted by Crippen LogP contribution is -2.23. The van der Waals surface area contributed by atoms with E-state index in [0.717, 1.165) is 36.1 Å². The maximum absolute atomic E-state index is 12.1. The second-order valence-electron chi connectivity index (χ2n) is 5.95. The first kappa shape index (κ1) is 18.0. The molecule has 1 aliphatic rings. The number of ether oxygens (including phenoxy) is 1. The number of nitrogens with zero attached hydrogens (tertiary/aromatic N) is 2. The van der Waals surface area contributed by atoms with Gasteiger partial charge in [-0.15, -0.1) is 11.3 Å². The van der Waals surface area contributed by atoms with Crippen molar-refractivity contribution < 1.29 is 19.1 Å². The van der Waals surface area contributed by atoms with Gasteiger partial charge in [0.2, 0.25) is 0 Å². The summed E-state index contributed by atoms with van der Waals surface area (Å²) in [5.74, 6) is -1.85. The number of nitrogens with one attached hydrogen (secondary N) is 1. The average molecular weight is 374 g/mol. The molecular formula is C17H18N4O4S. The van der Waals surface area contributed by atoms with E-state index < -0.39 is 24.4 Å². The largest absolute Gasteiger partial charge is 0.451 e. The minimum absolute atomic E-state index is 0.0211. The number of esters is 1. The van der Waals surface area contributed by atoms with E-state index in [4.69, 9.17) is 10.5 Å². The Morgan fingerprint density at radius 1 is 1.23 bits per heavy atom. The number of aromatic nitrogens is 2. The van der Waals surface area contributed by atoms with Crippen molar-refractivity contribution in [1.82, 2.24) is 9.97 Å². The van der Waals surface area contributed by atoms with Crippen LogP contribution in [-0.4, -0.2) is 34.4 Å². The fourth-order valence-corrected chi connectivity index (χ4v) is 4.09. The number of primary amides is 1. The zero-order chi connectivity index (χ0) is 18.7. The Bertz CT molecular complexity index is 860. The lowest BCUT2D eigenvalue weighted by Gasteiger charge is -2.11. The van der Waals surface area contributed by atoms with E-state index in [2.05, 4.69) is 15.3 Å². The number of hydrogen-bond donors (Lipinski definition) is 2. The lowest BCUT2D eigenvalue weighted by molar-refractivity contribution is -0.119. The van der Waals surface area contributed by atoms with Gasteiger partial charge < -0.3 is 15.8 Å². The first-order valence-corrected chi connectivity index (χ1v) is 8.97. The minimum Gasteiger partial charge on any atom is -0.451 e. The maximum atomic E-state index is 12.1. The van der Waals surface area contributed by atoms with Gasteiger partial charge in [0.05, 0.1) is 17.5 Å². The number of rotatable bonds is 5. The number of carbonyl (C=O) groups is 3. The minimum atomic E-state index is -0.742. The summed E-state index contributed by atoms with van der Waals surface area (Å²) in [6, 6.07) is 0. The Morgan fingerprint density at radius 3 is 2.69 bits per heavy atom. The summed E-state index contributed by atoms with van der Waals surface area (Å²) in [6.45, 7) is 1.25. The topological polar surface area (TPSA) is 124 Å². The number of aryl methyl sites for hydroxylation is 2. The van der Waals surface area contributed by atoms with Crippen LogP contribution >= 0.6 is 11.3 Å². The first-order valence-electron chi connectivity index (χ1n) is 8.15. The quantitative estimate of drug-likeness (QED) is 0.766. The van der Waals surface area contributed by atoms with Crippen LogP contribution in [-0.2, 0) is 22.4 Å². The molecule has 0 fully saturated rings. The summed E-state index contributed by atoms with van der Waals surface area (Å²) in [7, 11) is 0. The van der Waals surface area contributed by atoms with E-state index in [-0.39, 0.29) is 5.69 Å². The number of hydrogen-bond acceptors (Lipinski definition) is 7. The zero-order valence-electron chi connectivity index (χ0n) is 14.2. The van der Waals surface area contributed by atoms with Crippen molar-refractivity contribution in [2.45, 2.75) is 32.6 Å². The molecule has 1 aliphatic carbocycles. The molecule has 136 valence electrons. The van der Waals surface area contributed by atoms with E-state index in [1.807, 2.05) is 0 Å². The van der Waals surface area contributed by atoms with Gasteiger partial charge in [0, 0.05) is 11.1 Å². The molecule has 3 rings (SSSR count). The van der Waals surface area contributed by atoms with Crippen LogP contribution in [0.2, 0.25) is 0 Å². The summed E-state index contributed by atoms with van der Waals surface area (Å²) in [4.78, 5) is 44.7. The van der Waals surface area contributed by atoms with Gasteiger partial charge in [-0.1, -0.05) is 0 Å². The number of carbonyl (C=O) groups excluding carboxylic acids is 3. The molecule has 0 unspecified atom stereocenters. The van der Waals surface area contributed by atoms with Crippen LogP contribution < -0.4 is 11.1 Å². The fourth-order valence-electron chi connectivity index (χ4n) is 2.78. The van der Waals surface area contributed by atoms with E-state index in [1.54, 1.807) is 6.92 Å². The lowest BCUT2D eigenvalue weighted by atomic mass is 9.95. The SMILES string of the molecule is Cc1cnc(C(=O)OCC(=O)Nc2sc3c(c2C(N)=O)CCCC3)cn1. The van der Waals surface area contributed by atoms with Gasteiger partial charge in [-0.3, -0.25) is 14.6 Å². The van der Waals surface area contributed by atoms with Gasteiger partial charge in [0.1, 0.15) is 5.00 Å². The van der Waals surface area contributed by atoms with E-state index in [1.165, 1.54) is 23.7 Å². The number of thiophene rings is 1. The molecule has 2 aromatic heterocycles. The van der Waals surface area contributed by atoms with E-state index in [0.29, 0.717) is 16.3 Å². The number of nitrogens with two attached hydrogens (primary N) is 1. The molecule has 0 atom stereocenters. The molecule has 0 aromatic carbocycles. The zero-order valence-corrected chi connectivity index (χ0v) is 15.0. The van der Waals surface area contributed by atoms with Crippen molar-refractivity contribution in [3.63, 3.8) is 0 Å². The predicted molar refractivity (Wildman–Crippen MR) is 95.2 cm³/mol. The number of fused-ring (bicyclic) bond motifs is 1. The third-order valence-corrected chi connectivity index (χ3v) is 5.20. The van der Waals surface area contributed by atoms with Gasteiger partial charge in [0.15, 0.2) is 12.3 Å². The molecule has 2 amide bonds. The Balaban J connectivity index is 1.65. The molecule has 0 aliphatic heterocycles. The van der Waals surface area contributed by atoms with Crippen LogP contribution in [0, 0.1) is 6.92 Å². The van der Waals surface area contributed by atoms with Crippen molar-refractivity contribution in [2.75, 3.05) is 11.9 Å². The van der Waals surface area contributed by atoms with Crippen LogP contribution in [0.5, 0.6) is 0 Å². The van der Waals surface area contributed by atoms with Crippen LogP contribution in [0.1, 0.15) is 49.8 Å². The third kappa shape index (κ3) is 3.88. The van der Waals surface area contributed by atoms with Crippen molar-refractivity contribution in [3.05, 3.63) is 39.8 Å². The maximum Gasteiger partial charge on any atom is 0.359 e. The summed E-state index contributed by atoms with van der Waals surface area (Å²) >= 11 is 1.36. The van der Waals surface area contributed by atoms with Gasteiger partial charge >= 0.3 is 5.97 Å².